The zero-order valence-corrected chi connectivity index (χ0v) is 17.0. The third kappa shape index (κ3) is 5.09. The van der Waals surface area contributed by atoms with Gasteiger partial charge in [-0.3, -0.25) is 19.8 Å². The highest BCUT2D eigenvalue weighted by Crippen LogP contribution is 2.28. The van der Waals surface area contributed by atoms with Gasteiger partial charge in [-0.25, -0.2) is 4.79 Å². The lowest BCUT2D eigenvalue weighted by Crippen LogP contribution is -2.48. The number of thiophene rings is 1. The van der Waals surface area contributed by atoms with E-state index in [0.717, 1.165) is 23.7 Å². The summed E-state index contributed by atoms with van der Waals surface area (Å²) in [6, 6.07) is 8.19. The number of esters is 1. The van der Waals surface area contributed by atoms with E-state index in [1.807, 2.05) is 11.8 Å². The van der Waals surface area contributed by atoms with Crippen molar-refractivity contribution in [2.75, 3.05) is 50.1 Å². The van der Waals surface area contributed by atoms with Crippen LogP contribution in [-0.2, 0) is 9.53 Å². The molecule has 1 fully saturated rings. The summed E-state index contributed by atoms with van der Waals surface area (Å²) in [5, 5.41) is 14.1. The summed E-state index contributed by atoms with van der Waals surface area (Å²) >= 11 is 1.34. The quantitative estimate of drug-likeness (QED) is 0.436. The fourth-order valence-corrected chi connectivity index (χ4v) is 4.10. The Kier molecular flexibility index (Phi) is 6.45. The van der Waals surface area contributed by atoms with E-state index in [1.54, 1.807) is 18.2 Å². The van der Waals surface area contributed by atoms with Crippen LogP contribution in [0, 0.1) is 17.0 Å². The van der Waals surface area contributed by atoms with E-state index in [2.05, 4.69) is 10.2 Å². The number of rotatable bonds is 6. The highest BCUT2D eigenvalue weighted by molar-refractivity contribution is 7.16. The number of amides is 1. The van der Waals surface area contributed by atoms with Crippen LogP contribution < -0.4 is 10.2 Å². The van der Waals surface area contributed by atoms with Crippen LogP contribution >= 0.6 is 11.3 Å². The van der Waals surface area contributed by atoms with Crippen LogP contribution in [0.1, 0.15) is 15.2 Å². The van der Waals surface area contributed by atoms with Gasteiger partial charge in [-0.1, -0.05) is 0 Å². The molecule has 1 aliphatic rings. The molecular formula is C19H22N4O5S. The number of carbonyl (C=O) groups excluding carboxylic acids is 2. The van der Waals surface area contributed by atoms with Gasteiger partial charge in [0.05, 0.1) is 24.1 Å². The molecule has 3 rings (SSSR count). The molecule has 2 heterocycles. The average molecular weight is 418 g/mol. The van der Waals surface area contributed by atoms with Crippen molar-refractivity contribution in [2.24, 2.45) is 0 Å². The number of methoxy groups -OCH3 is 1. The molecule has 29 heavy (non-hydrogen) atoms. The maximum absolute atomic E-state index is 12.4. The van der Waals surface area contributed by atoms with Gasteiger partial charge in [-0.05, 0) is 25.1 Å². The lowest BCUT2D eigenvalue weighted by Gasteiger charge is -2.35. The molecule has 0 unspecified atom stereocenters. The van der Waals surface area contributed by atoms with E-state index in [0.29, 0.717) is 23.7 Å². The summed E-state index contributed by atoms with van der Waals surface area (Å²) < 4.78 is 4.76. The third-order valence-corrected chi connectivity index (χ3v) is 5.64. The number of non-ortho nitro benzene ring substituents is 1. The number of nitrogens with one attached hydrogen (secondary N) is 1. The lowest BCUT2D eigenvalue weighted by molar-refractivity contribution is -0.384. The Labute approximate surface area is 172 Å². The number of piperazine rings is 1. The minimum absolute atomic E-state index is 0.0687. The van der Waals surface area contributed by atoms with Crippen molar-refractivity contribution in [1.29, 1.82) is 0 Å². The number of nitro benzene ring substituents is 1. The van der Waals surface area contributed by atoms with Gasteiger partial charge in [0.2, 0.25) is 5.91 Å². The second-order valence-electron chi connectivity index (χ2n) is 6.68. The number of anilines is 2. The first-order chi connectivity index (χ1) is 13.9. The Morgan fingerprint density at radius 2 is 1.86 bits per heavy atom. The zero-order valence-electron chi connectivity index (χ0n) is 16.2. The van der Waals surface area contributed by atoms with Crippen LogP contribution in [0.2, 0.25) is 0 Å². The molecule has 0 saturated carbocycles. The number of nitro groups is 1. The molecule has 10 heteroatoms. The smallest absolute Gasteiger partial charge is 0.340 e. The molecular weight excluding hydrogens is 396 g/mol. The van der Waals surface area contributed by atoms with E-state index >= 15 is 0 Å². The van der Waals surface area contributed by atoms with E-state index in [-0.39, 0.29) is 18.1 Å². The number of hydrogen-bond donors (Lipinski definition) is 1. The second kappa shape index (κ2) is 9.01. The van der Waals surface area contributed by atoms with Crippen molar-refractivity contribution >= 4 is 39.6 Å². The summed E-state index contributed by atoms with van der Waals surface area (Å²) in [6.07, 6.45) is 0. The van der Waals surface area contributed by atoms with Gasteiger partial charge in [0.1, 0.15) is 5.00 Å². The van der Waals surface area contributed by atoms with Gasteiger partial charge in [0.15, 0.2) is 0 Å². The van der Waals surface area contributed by atoms with E-state index in [9.17, 15) is 19.7 Å². The van der Waals surface area contributed by atoms with Crippen LogP contribution in [-0.4, -0.2) is 61.5 Å². The fraction of sp³-hybridized carbons (Fsp3) is 0.368. The summed E-state index contributed by atoms with van der Waals surface area (Å²) in [5.74, 6) is -0.651. The van der Waals surface area contributed by atoms with Gasteiger partial charge in [0, 0.05) is 48.9 Å². The van der Waals surface area contributed by atoms with Gasteiger partial charge >= 0.3 is 5.97 Å². The van der Waals surface area contributed by atoms with Gasteiger partial charge < -0.3 is 15.0 Å². The van der Waals surface area contributed by atoms with Crippen molar-refractivity contribution in [3.63, 3.8) is 0 Å². The van der Waals surface area contributed by atoms with Crippen LogP contribution in [0.5, 0.6) is 0 Å². The molecule has 1 aromatic carbocycles. The molecule has 0 spiro atoms. The normalized spacial score (nSPS) is 14.5. The zero-order chi connectivity index (χ0) is 21.0. The third-order valence-electron chi connectivity index (χ3n) is 4.68. The topological polar surface area (TPSA) is 105 Å². The van der Waals surface area contributed by atoms with Gasteiger partial charge in [-0.2, -0.15) is 0 Å². The Morgan fingerprint density at radius 1 is 1.21 bits per heavy atom. The second-order valence-corrected chi connectivity index (χ2v) is 7.93. The standard InChI is InChI=1S/C19H22N4O5S/c1-13-11-16(19(25)28-2)18(29-13)20-17(24)12-21-7-9-22(10-8-21)14-3-5-15(6-4-14)23(26)27/h3-6,11H,7-10,12H2,1-2H3,(H,20,24). The molecule has 1 N–H and O–H groups in total. The Bertz CT molecular complexity index is 904. The molecule has 1 amide bonds. The molecule has 1 aromatic heterocycles. The molecule has 0 aliphatic carbocycles. The Balaban J connectivity index is 1.52. The maximum atomic E-state index is 12.4. The fourth-order valence-electron chi connectivity index (χ4n) is 3.19. The van der Waals surface area contributed by atoms with Crippen molar-refractivity contribution < 1.29 is 19.2 Å². The van der Waals surface area contributed by atoms with Crippen molar-refractivity contribution in [3.05, 3.63) is 50.9 Å². The first-order valence-electron chi connectivity index (χ1n) is 9.07. The minimum atomic E-state index is -0.471. The van der Waals surface area contributed by atoms with E-state index in [1.165, 1.54) is 30.6 Å². The first kappa shape index (κ1) is 20.7. The summed E-state index contributed by atoms with van der Waals surface area (Å²) in [4.78, 5) is 39.7. The molecule has 1 aliphatic heterocycles. The first-order valence-corrected chi connectivity index (χ1v) is 9.89. The van der Waals surface area contributed by atoms with Gasteiger partial charge in [-0.15, -0.1) is 11.3 Å². The Morgan fingerprint density at radius 3 is 2.45 bits per heavy atom. The van der Waals surface area contributed by atoms with Crippen LogP contribution in [0.15, 0.2) is 30.3 Å². The SMILES string of the molecule is COC(=O)c1cc(C)sc1NC(=O)CN1CCN(c2ccc([N+](=O)[O-])cc2)CC1. The summed E-state index contributed by atoms with van der Waals surface area (Å²) in [5.41, 5.74) is 1.36. The molecule has 9 nitrogen and oxygen atoms in total. The molecule has 1 saturated heterocycles. The van der Waals surface area contributed by atoms with Crippen molar-refractivity contribution in [1.82, 2.24) is 4.90 Å². The van der Waals surface area contributed by atoms with Crippen molar-refractivity contribution in [3.8, 4) is 0 Å². The highest BCUT2D eigenvalue weighted by Gasteiger charge is 2.22. The maximum Gasteiger partial charge on any atom is 0.340 e. The number of benzene rings is 1. The van der Waals surface area contributed by atoms with Crippen molar-refractivity contribution in [2.45, 2.75) is 6.92 Å². The molecule has 154 valence electrons. The average Bonchev–Trinajstić information content (AvgIpc) is 3.08. The lowest BCUT2D eigenvalue weighted by atomic mass is 10.2. The molecule has 0 bridgehead atoms. The van der Waals surface area contributed by atoms with E-state index in [4.69, 9.17) is 4.74 Å². The van der Waals surface area contributed by atoms with Crippen LogP contribution in [0.3, 0.4) is 0 Å². The molecule has 2 aromatic rings. The Hall–Kier alpha value is -2.98. The predicted molar refractivity (Wildman–Crippen MR) is 111 cm³/mol. The number of ether oxygens (including phenoxy) is 1. The molecule has 0 radical (unpaired) electrons. The van der Waals surface area contributed by atoms with E-state index < -0.39 is 10.9 Å². The predicted octanol–water partition coefficient (Wildman–Crippen LogP) is 2.51. The number of aryl methyl sites for hydroxylation is 1. The van der Waals surface area contributed by atoms with Gasteiger partial charge in [0.25, 0.3) is 5.69 Å². The number of nitrogens with zero attached hydrogens (tertiary/aromatic N) is 3. The summed E-state index contributed by atoms with van der Waals surface area (Å²) in [7, 11) is 1.31. The van der Waals surface area contributed by atoms with Crippen LogP contribution in [0.25, 0.3) is 0 Å². The number of hydrogen-bond acceptors (Lipinski definition) is 8. The molecule has 0 atom stereocenters. The minimum Gasteiger partial charge on any atom is -0.465 e. The highest BCUT2D eigenvalue weighted by atomic mass is 32.1. The summed E-state index contributed by atoms with van der Waals surface area (Å²) in [6.45, 7) is 4.92. The van der Waals surface area contributed by atoms with Crippen LogP contribution in [0.4, 0.5) is 16.4 Å². The number of carbonyl (C=O) groups is 2. The monoisotopic (exact) mass is 418 g/mol. The largest absolute Gasteiger partial charge is 0.465 e.